The minimum Gasteiger partial charge on any atom is -0.434 e. The van der Waals surface area contributed by atoms with Gasteiger partial charge in [0.05, 0.1) is 23.5 Å². The number of ether oxygens (including phenoxy) is 1. The van der Waals surface area contributed by atoms with E-state index in [1.807, 2.05) is 25.5 Å². The number of pyridine rings is 1. The molecule has 0 bridgehead atoms. The van der Waals surface area contributed by atoms with E-state index < -0.39 is 18.0 Å². The highest BCUT2D eigenvalue weighted by Crippen LogP contribution is 2.31. The lowest BCUT2D eigenvalue weighted by Crippen LogP contribution is -2.33. The van der Waals surface area contributed by atoms with E-state index in [9.17, 15) is 9.59 Å². The van der Waals surface area contributed by atoms with Crippen LogP contribution in [0.15, 0.2) is 54.2 Å². The number of rotatable bonds is 6. The largest absolute Gasteiger partial charge is 0.434 e. The van der Waals surface area contributed by atoms with Crippen LogP contribution in [0.25, 0.3) is 22.2 Å². The summed E-state index contributed by atoms with van der Waals surface area (Å²) in [5.74, 6) is -1.10. The molecule has 0 fully saturated rings. The first kappa shape index (κ1) is 22.2. The lowest BCUT2D eigenvalue weighted by atomic mass is 10.1. The maximum atomic E-state index is 12.1. The Labute approximate surface area is 203 Å². The van der Waals surface area contributed by atoms with Crippen molar-refractivity contribution in [3.8, 4) is 11.1 Å². The standard InChI is InChI=1S/C22H20ClN9O3/c1-32-10-13(7-28-32)12-4-14-15(8-26-19(14)25-6-12)21-30-31-22(35-21)29-17-3-2-11(5-16(17)23)20(34)27-9-18(24)33/h2-8,10,21,30H,9H2,1H3,(H2,24,33)(H,25,26)(H,27,34)(H,29,31). The number of hydrogen-bond acceptors (Lipinski definition) is 8. The van der Waals surface area contributed by atoms with Crippen LogP contribution in [0.1, 0.15) is 22.1 Å². The summed E-state index contributed by atoms with van der Waals surface area (Å²) in [6, 6.07) is 6.84. The fraction of sp³-hybridized carbons (Fsp3) is 0.136. The third-order valence-electron chi connectivity index (χ3n) is 5.29. The van der Waals surface area contributed by atoms with E-state index >= 15 is 0 Å². The molecule has 1 aliphatic heterocycles. The minimum atomic E-state index is -0.638. The molecule has 5 rings (SSSR count). The number of anilines is 1. The zero-order valence-electron chi connectivity index (χ0n) is 18.4. The number of carbonyl (C=O) groups is 2. The van der Waals surface area contributed by atoms with Gasteiger partial charge in [0.1, 0.15) is 5.65 Å². The van der Waals surface area contributed by atoms with Gasteiger partial charge >= 0.3 is 6.02 Å². The molecule has 0 saturated heterocycles. The molecule has 1 unspecified atom stereocenters. The van der Waals surface area contributed by atoms with Crippen molar-refractivity contribution in [1.82, 2.24) is 30.5 Å². The average molecular weight is 494 g/mol. The van der Waals surface area contributed by atoms with Crippen LogP contribution in [-0.4, -0.2) is 44.1 Å². The van der Waals surface area contributed by atoms with Crippen molar-refractivity contribution in [1.29, 1.82) is 0 Å². The molecular formula is C22H20ClN9O3. The Morgan fingerprint density at radius 1 is 1.26 bits per heavy atom. The number of amides is 2. The van der Waals surface area contributed by atoms with Crippen molar-refractivity contribution in [3.05, 3.63) is 65.2 Å². The van der Waals surface area contributed by atoms with Crippen molar-refractivity contribution < 1.29 is 14.3 Å². The number of nitrogens with two attached hydrogens (primary N) is 1. The zero-order valence-corrected chi connectivity index (χ0v) is 19.1. The van der Waals surface area contributed by atoms with Crippen molar-refractivity contribution in [2.75, 3.05) is 11.9 Å². The highest BCUT2D eigenvalue weighted by atomic mass is 35.5. The average Bonchev–Trinajstić information content (AvgIpc) is 3.57. The van der Waals surface area contributed by atoms with Crippen LogP contribution in [-0.2, 0) is 16.6 Å². The lowest BCUT2D eigenvalue weighted by Gasteiger charge is -2.12. The normalized spacial score (nSPS) is 14.8. The second-order valence-corrected chi connectivity index (χ2v) is 8.19. The summed E-state index contributed by atoms with van der Waals surface area (Å²) in [5, 5.41) is 15.0. The summed E-state index contributed by atoms with van der Waals surface area (Å²) in [6.45, 7) is -0.263. The number of carbonyl (C=O) groups excluding carboxylic acids is 2. The summed E-state index contributed by atoms with van der Waals surface area (Å²) >= 11 is 6.32. The molecule has 35 heavy (non-hydrogen) atoms. The van der Waals surface area contributed by atoms with Gasteiger partial charge in [-0.2, -0.15) is 5.10 Å². The number of hydrazone groups is 1. The van der Waals surface area contributed by atoms with Gasteiger partial charge in [-0.15, -0.1) is 5.10 Å². The molecule has 1 aromatic carbocycles. The van der Waals surface area contributed by atoms with Gasteiger partial charge in [0.2, 0.25) is 12.1 Å². The minimum absolute atomic E-state index is 0.202. The van der Waals surface area contributed by atoms with Crippen molar-refractivity contribution >= 4 is 46.2 Å². The predicted octanol–water partition coefficient (Wildman–Crippen LogP) is 1.83. The number of aryl methyl sites for hydroxylation is 1. The first-order valence-corrected chi connectivity index (χ1v) is 10.8. The van der Waals surface area contributed by atoms with Crippen molar-refractivity contribution in [3.63, 3.8) is 0 Å². The Morgan fingerprint density at radius 3 is 2.86 bits per heavy atom. The molecular weight excluding hydrogens is 474 g/mol. The lowest BCUT2D eigenvalue weighted by molar-refractivity contribution is -0.117. The smallest absolute Gasteiger partial charge is 0.313 e. The SMILES string of the molecule is Cn1cc(-c2cnc3[nH]cc(C4NN=C(Nc5ccc(C(=O)NCC(N)=O)cc5Cl)O4)c3c2)cn1. The third kappa shape index (κ3) is 4.59. The Kier molecular flexibility index (Phi) is 5.71. The first-order valence-electron chi connectivity index (χ1n) is 10.5. The van der Waals surface area contributed by atoms with Gasteiger partial charge in [-0.1, -0.05) is 11.6 Å². The van der Waals surface area contributed by atoms with Crippen LogP contribution < -0.4 is 21.8 Å². The number of hydrogen-bond donors (Lipinski definition) is 5. The maximum Gasteiger partial charge on any atom is 0.313 e. The Morgan fingerprint density at radius 2 is 2.11 bits per heavy atom. The second-order valence-electron chi connectivity index (χ2n) is 7.78. The fourth-order valence-electron chi connectivity index (χ4n) is 3.58. The molecule has 1 aliphatic rings. The maximum absolute atomic E-state index is 12.1. The number of aromatic amines is 1. The van der Waals surface area contributed by atoms with E-state index in [-0.39, 0.29) is 23.2 Å². The third-order valence-corrected chi connectivity index (χ3v) is 5.61. The zero-order chi connectivity index (χ0) is 24.5. The van der Waals surface area contributed by atoms with Gasteiger partial charge in [0, 0.05) is 53.3 Å². The van der Waals surface area contributed by atoms with Crippen LogP contribution in [0.5, 0.6) is 0 Å². The van der Waals surface area contributed by atoms with E-state index in [1.54, 1.807) is 29.2 Å². The number of amidine groups is 1. The summed E-state index contributed by atoms with van der Waals surface area (Å²) in [4.78, 5) is 30.6. The van der Waals surface area contributed by atoms with Crippen molar-refractivity contribution in [2.24, 2.45) is 17.9 Å². The highest BCUT2D eigenvalue weighted by molar-refractivity contribution is 6.34. The summed E-state index contributed by atoms with van der Waals surface area (Å²) in [7, 11) is 1.86. The summed E-state index contributed by atoms with van der Waals surface area (Å²) in [5.41, 5.74) is 12.2. The molecule has 13 heteroatoms. The van der Waals surface area contributed by atoms with Crippen LogP contribution in [0, 0.1) is 0 Å². The van der Waals surface area contributed by atoms with Crippen molar-refractivity contribution in [2.45, 2.75) is 6.23 Å². The van der Waals surface area contributed by atoms with Gasteiger partial charge in [0.15, 0.2) is 0 Å². The predicted molar refractivity (Wildman–Crippen MR) is 129 cm³/mol. The molecule has 0 radical (unpaired) electrons. The van der Waals surface area contributed by atoms with Crippen LogP contribution >= 0.6 is 11.6 Å². The number of aromatic nitrogens is 4. The number of nitrogens with one attached hydrogen (secondary N) is 4. The van der Waals surface area contributed by atoms with Gasteiger partial charge in [-0.3, -0.25) is 19.7 Å². The number of benzene rings is 1. The Bertz CT molecular complexity index is 1480. The Balaban J connectivity index is 1.29. The number of fused-ring (bicyclic) bond motifs is 1. The summed E-state index contributed by atoms with van der Waals surface area (Å²) in [6.07, 6.45) is 6.73. The topological polar surface area (TPSA) is 164 Å². The number of primary amides is 1. The molecule has 12 nitrogen and oxygen atoms in total. The Hall–Kier alpha value is -4.58. The van der Waals surface area contributed by atoms with Gasteiger partial charge in [-0.05, 0) is 24.3 Å². The van der Waals surface area contributed by atoms with Crippen LogP contribution in [0.2, 0.25) is 5.02 Å². The number of H-pyrrole nitrogens is 1. The fourth-order valence-corrected chi connectivity index (χ4v) is 3.81. The molecule has 2 amide bonds. The molecule has 6 N–H and O–H groups in total. The van der Waals surface area contributed by atoms with Gasteiger partial charge in [-0.25, -0.2) is 4.98 Å². The first-order chi connectivity index (χ1) is 16.9. The van der Waals surface area contributed by atoms with E-state index in [2.05, 4.69) is 36.2 Å². The molecule has 1 atom stereocenters. The van der Waals surface area contributed by atoms with E-state index in [4.69, 9.17) is 22.1 Å². The molecule has 0 saturated carbocycles. The number of halogens is 1. The molecule has 4 aromatic rings. The monoisotopic (exact) mass is 493 g/mol. The molecule has 3 aromatic heterocycles. The molecule has 0 spiro atoms. The van der Waals surface area contributed by atoms with E-state index in [0.29, 0.717) is 11.3 Å². The van der Waals surface area contributed by atoms with Crippen LogP contribution in [0.3, 0.4) is 0 Å². The van der Waals surface area contributed by atoms with Crippen LogP contribution in [0.4, 0.5) is 5.69 Å². The molecule has 178 valence electrons. The highest BCUT2D eigenvalue weighted by Gasteiger charge is 2.25. The van der Waals surface area contributed by atoms with Gasteiger partial charge in [0.25, 0.3) is 5.91 Å². The quantitative estimate of drug-likeness (QED) is 0.273. The number of nitrogens with zero attached hydrogens (tertiary/aromatic N) is 4. The van der Waals surface area contributed by atoms with E-state index in [1.165, 1.54) is 6.07 Å². The van der Waals surface area contributed by atoms with Gasteiger partial charge < -0.3 is 26.1 Å². The van der Waals surface area contributed by atoms with E-state index in [0.717, 1.165) is 22.1 Å². The molecule has 0 aliphatic carbocycles. The summed E-state index contributed by atoms with van der Waals surface area (Å²) < 4.78 is 7.67. The molecule has 4 heterocycles. The second kappa shape index (κ2) is 8.99.